The van der Waals surface area contributed by atoms with Crippen LogP contribution in [-0.2, 0) is 11.2 Å². The molecule has 2 aromatic carbocycles. The molecule has 31 heavy (non-hydrogen) atoms. The van der Waals surface area contributed by atoms with Crippen molar-refractivity contribution in [3.05, 3.63) is 53.6 Å². The summed E-state index contributed by atoms with van der Waals surface area (Å²) >= 11 is 0. The molecule has 0 atom stereocenters. The lowest BCUT2D eigenvalue weighted by Gasteiger charge is -2.28. The molecule has 2 aromatic rings. The Morgan fingerprint density at radius 3 is 2.35 bits per heavy atom. The highest BCUT2D eigenvalue weighted by Gasteiger charge is 2.25. The van der Waals surface area contributed by atoms with Crippen molar-refractivity contribution in [1.82, 2.24) is 0 Å². The van der Waals surface area contributed by atoms with Crippen LogP contribution in [-0.4, -0.2) is 12.5 Å². The summed E-state index contributed by atoms with van der Waals surface area (Å²) in [7, 11) is 0. The Balaban J connectivity index is 1.40. The van der Waals surface area contributed by atoms with E-state index >= 15 is 0 Å². The number of benzene rings is 2. The summed E-state index contributed by atoms with van der Waals surface area (Å²) in [5, 5.41) is 0. The number of anilines is 1. The highest BCUT2D eigenvalue weighted by atomic mass is 16.2. The van der Waals surface area contributed by atoms with Crippen molar-refractivity contribution in [2.45, 2.75) is 90.4 Å². The van der Waals surface area contributed by atoms with Crippen LogP contribution < -0.4 is 4.90 Å². The van der Waals surface area contributed by atoms with Crippen molar-refractivity contribution in [2.75, 3.05) is 11.4 Å². The monoisotopic (exact) mass is 417 g/mol. The number of amides is 1. The van der Waals surface area contributed by atoms with E-state index in [2.05, 4.69) is 56.3 Å². The topological polar surface area (TPSA) is 20.3 Å². The zero-order chi connectivity index (χ0) is 21.6. The maximum atomic E-state index is 12.7. The molecule has 1 fully saturated rings. The summed E-state index contributed by atoms with van der Waals surface area (Å²) in [4.78, 5) is 14.7. The normalized spacial score (nSPS) is 20.6. The van der Waals surface area contributed by atoms with Gasteiger partial charge in [-0.1, -0.05) is 69.9 Å². The first kappa shape index (κ1) is 22.1. The first-order valence-electron chi connectivity index (χ1n) is 12.7. The Labute approximate surface area is 189 Å². The molecule has 0 unspecified atom stereocenters. The van der Waals surface area contributed by atoms with Gasteiger partial charge in [-0.25, -0.2) is 0 Å². The molecule has 0 bridgehead atoms. The van der Waals surface area contributed by atoms with Gasteiger partial charge in [-0.2, -0.15) is 0 Å². The smallest absolute Gasteiger partial charge is 0.226 e. The number of nitrogens with zero attached hydrogens (tertiary/aromatic N) is 1. The van der Waals surface area contributed by atoms with Gasteiger partial charge in [-0.05, 0) is 84.7 Å². The summed E-state index contributed by atoms with van der Waals surface area (Å²) in [6, 6.07) is 16.0. The minimum atomic E-state index is 0.296. The third-order valence-corrected chi connectivity index (χ3v) is 7.66. The molecule has 1 heterocycles. The van der Waals surface area contributed by atoms with Crippen LogP contribution in [0.5, 0.6) is 0 Å². The van der Waals surface area contributed by atoms with E-state index in [9.17, 15) is 4.79 Å². The van der Waals surface area contributed by atoms with E-state index in [0.717, 1.165) is 43.3 Å². The third kappa shape index (κ3) is 5.22. The van der Waals surface area contributed by atoms with Gasteiger partial charge >= 0.3 is 0 Å². The van der Waals surface area contributed by atoms with E-state index < -0.39 is 0 Å². The SMILES string of the molecule is CCCCCCC(=O)N1CCc2cc(-c3ccc(C4CCC(CC)CC4)cc3)ccc21. The Morgan fingerprint density at radius 1 is 0.903 bits per heavy atom. The van der Waals surface area contributed by atoms with Gasteiger partial charge < -0.3 is 4.90 Å². The van der Waals surface area contributed by atoms with Gasteiger partial charge in [0.2, 0.25) is 5.91 Å². The Kier molecular flexibility index (Phi) is 7.48. The van der Waals surface area contributed by atoms with Gasteiger partial charge in [0.15, 0.2) is 0 Å². The van der Waals surface area contributed by atoms with Gasteiger partial charge in [0.25, 0.3) is 0 Å². The average Bonchev–Trinajstić information content (AvgIpc) is 3.25. The average molecular weight is 418 g/mol. The standard InChI is InChI=1S/C29H39NO/c1-3-5-6-7-8-29(31)30-20-19-27-21-26(17-18-28(27)30)25-15-13-24(14-16-25)23-11-9-22(4-2)10-12-23/h13-18,21-23H,3-12,19-20H2,1-2H3. The Hall–Kier alpha value is -2.09. The highest BCUT2D eigenvalue weighted by molar-refractivity contribution is 5.95. The van der Waals surface area contributed by atoms with E-state index in [1.54, 1.807) is 0 Å². The van der Waals surface area contributed by atoms with Crippen molar-refractivity contribution >= 4 is 11.6 Å². The summed E-state index contributed by atoms with van der Waals surface area (Å²) in [6.07, 6.45) is 13.1. The molecule has 0 N–H and O–H groups in total. The number of fused-ring (bicyclic) bond motifs is 1. The minimum Gasteiger partial charge on any atom is -0.312 e. The maximum Gasteiger partial charge on any atom is 0.226 e. The zero-order valence-corrected chi connectivity index (χ0v) is 19.5. The molecular weight excluding hydrogens is 378 g/mol. The lowest BCUT2D eigenvalue weighted by Crippen LogP contribution is -2.28. The first-order chi connectivity index (χ1) is 15.2. The van der Waals surface area contributed by atoms with E-state index in [-0.39, 0.29) is 0 Å². The zero-order valence-electron chi connectivity index (χ0n) is 19.5. The van der Waals surface area contributed by atoms with Gasteiger partial charge in [0, 0.05) is 18.7 Å². The molecule has 1 aliphatic carbocycles. The fourth-order valence-corrected chi connectivity index (χ4v) is 5.53. The molecule has 1 aliphatic heterocycles. The number of rotatable bonds is 8. The summed E-state index contributed by atoms with van der Waals surface area (Å²) < 4.78 is 0. The van der Waals surface area contributed by atoms with Gasteiger partial charge in [-0.15, -0.1) is 0 Å². The molecule has 0 spiro atoms. The molecule has 166 valence electrons. The van der Waals surface area contributed by atoms with E-state index in [1.807, 2.05) is 4.90 Å². The van der Waals surface area contributed by atoms with Crippen LogP contribution in [0.25, 0.3) is 11.1 Å². The number of carbonyl (C=O) groups is 1. The van der Waals surface area contributed by atoms with Crippen molar-refractivity contribution in [2.24, 2.45) is 5.92 Å². The van der Waals surface area contributed by atoms with Crippen LogP contribution in [0.15, 0.2) is 42.5 Å². The first-order valence-corrected chi connectivity index (χ1v) is 12.7. The van der Waals surface area contributed by atoms with Crippen LogP contribution >= 0.6 is 0 Å². The number of hydrogen-bond acceptors (Lipinski definition) is 1. The lowest BCUT2D eigenvalue weighted by atomic mass is 9.77. The molecule has 2 heteroatoms. The quantitative estimate of drug-likeness (QED) is 0.400. The third-order valence-electron chi connectivity index (χ3n) is 7.66. The van der Waals surface area contributed by atoms with Crippen LogP contribution in [0, 0.1) is 5.92 Å². The van der Waals surface area contributed by atoms with Gasteiger partial charge in [0.1, 0.15) is 0 Å². The van der Waals surface area contributed by atoms with Gasteiger partial charge in [-0.3, -0.25) is 4.79 Å². The van der Waals surface area contributed by atoms with Crippen molar-refractivity contribution in [3.63, 3.8) is 0 Å². The molecule has 2 nitrogen and oxygen atoms in total. The second kappa shape index (κ2) is 10.5. The van der Waals surface area contributed by atoms with Crippen molar-refractivity contribution < 1.29 is 4.79 Å². The van der Waals surface area contributed by atoms with E-state index in [1.165, 1.54) is 67.2 Å². The molecular formula is C29H39NO. The second-order valence-electron chi connectivity index (χ2n) is 9.70. The number of hydrogen-bond donors (Lipinski definition) is 0. The fraction of sp³-hybridized carbons (Fsp3) is 0.552. The van der Waals surface area contributed by atoms with Crippen LogP contribution in [0.1, 0.15) is 95.1 Å². The largest absolute Gasteiger partial charge is 0.312 e. The predicted molar refractivity (Wildman–Crippen MR) is 132 cm³/mol. The number of unbranched alkanes of at least 4 members (excludes halogenated alkanes) is 3. The molecule has 1 saturated carbocycles. The molecule has 1 amide bonds. The molecule has 2 aliphatic rings. The summed E-state index contributed by atoms with van der Waals surface area (Å²) in [6.45, 7) is 5.38. The second-order valence-corrected chi connectivity index (χ2v) is 9.70. The minimum absolute atomic E-state index is 0.296. The highest BCUT2D eigenvalue weighted by Crippen LogP contribution is 2.38. The predicted octanol–water partition coefficient (Wildman–Crippen LogP) is 7.90. The Morgan fingerprint density at radius 2 is 1.65 bits per heavy atom. The molecule has 4 rings (SSSR count). The van der Waals surface area contributed by atoms with Crippen molar-refractivity contribution in [1.29, 1.82) is 0 Å². The molecule has 0 aromatic heterocycles. The fourth-order valence-electron chi connectivity index (χ4n) is 5.53. The van der Waals surface area contributed by atoms with Crippen molar-refractivity contribution in [3.8, 4) is 11.1 Å². The lowest BCUT2D eigenvalue weighted by molar-refractivity contribution is -0.118. The van der Waals surface area contributed by atoms with Crippen LogP contribution in [0.3, 0.4) is 0 Å². The number of carbonyl (C=O) groups excluding carboxylic acids is 1. The van der Waals surface area contributed by atoms with E-state index in [4.69, 9.17) is 0 Å². The van der Waals surface area contributed by atoms with Crippen LogP contribution in [0.2, 0.25) is 0 Å². The molecule has 0 radical (unpaired) electrons. The summed E-state index contributed by atoms with van der Waals surface area (Å²) in [5.41, 5.74) is 6.53. The summed E-state index contributed by atoms with van der Waals surface area (Å²) in [5.74, 6) is 1.99. The van der Waals surface area contributed by atoms with Gasteiger partial charge in [0.05, 0.1) is 0 Å². The molecule has 0 saturated heterocycles. The van der Waals surface area contributed by atoms with E-state index in [0.29, 0.717) is 12.3 Å². The maximum absolute atomic E-state index is 12.7. The Bertz CT molecular complexity index is 861. The van der Waals surface area contributed by atoms with Crippen LogP contribution in [0.4, 0.5) is 5.69 Å².